The first-order chi connectivity index (χ1) is 24.5. The Morgan fingerprint density at radius 1 is 0.925 bits per heavy atom. The predicted molar refractivity (Wildman–Crippen MR) is 178 cm³/mol. The zero-order chi connectivity index (χ0) is 39.6. The highest BCUT2D eigenvalue weighted by atomic mass is 32.3. The maximum Gasteiger partial charge on any atom is 0.397 e. The molecule has 4 rings (SSSR count). The third kappa shape index (κ3) is 11.5. The molecular weight excluding hydrogens is 756 g/mol. The number of nitrogens with two attached hydrogens (primary N) is 1. The molecule has 3 fully saturated rings. The second-order valence-electron chi connectivity index (χ2n) is 13.3. The number of benzene rings is 1. The summed E-state index contributed by atoms with van der Waals surface area (Å²) in [7, 11) is -9.50. The van der Waals surface area contributed by atoms with Gasteiger partial charge in [-0.3, -0.25) is 13.9 Å². The van der Waals surface area contributed by atoms with Gasteiger partial charge in [-0.1, -0.05) is 6.07 Å². The Balaban J connectivity index is 1.43. The van der Waals surface area contributed by atoms with Crippen LogP contribution in [-0.4, -0.2) is 155 Å². The van der Waals surface area contributed by atoms with Crippen molar-refractivity contribution in [1.29, 1.82) is 0 Å². The molecule has 0 radical (unpaired) electrons. The van der Waals surface area contributed by atoms with E-state index < -0.39 is 123 Å². The molecule has 0 aromatic heterocycles. The van der Waals surface area contributed by atoms with Crippen molar-refractivity contribution in [3.8, 4) is 11.5 Å². The van der Waals surface area contributed by atoms with E-state index in [9.17, 15) is 51.7 Å². The lowest BCUT2D eigenvalue weighted by Crippen LogP contribution is -2.66. The smallest absolute Gasteiger partial charge is 0.397 e. The molecule has 3 heterocycles. The molecule has 1 aromatic carbocycles. The van der Waals surface area contributed by atoms with E-state index in [-0.39, 0.29) is 24.3 Å². The van der Waals surface area contributed by atoms with Gasteiger partial charge in [0.2, 0.25) is 12.2 Å². The van der Waals surface area contributed by atoms with Crippen LogP contribution in [0.2, 0.25) is 0 Å². The number of phenolic OH excluding ortho intramolecular Hbond substituents is 1. The third-order valence-corrected chi connectivity index (χ3v) is 9.93. The molecule has 1 amide bonds. The van der Waals surface area contributed by atoms with E-state index in [1.807, 2.05) is 0 Å². The van der Waals surface area contributed by atoms with E-state index in [0.717, 1.165) is 12.1 Å². The van der Waals surface area contributed by atoms with Crippen molar-refractivity contribution in [2.24, 2.45) is 5.73 Å². The molecule has 1 aromatic rings. The SMILES string of the molecule is C[C@H]1O[C@@H](O[C@@H]2[C@@H](C)O[C@@H](O[C@@H]3[C@H](O)[C@@H](OS(=O)(=O)O)[C@H](Oc4ccc(C=CC(=O)NCCS(=O)(=O)O)cc4O)O[C@@H]3C)C[C@]2(C)N)[C@H](O)[C@@H](O)[C@H]1O. The maximum atomic E-state index is 11.9. The van der Waals surface area contributed by atoms with Crippen LogP contribution in [0.15, 0.2) is 24.3 Å². The quantitative estimate of drug-likeness (QED) is 0.0737. The fraction of sp³-hybridized carbons (Fsp3) is 0.700. The van der Waals surface area contributed by atoms with Crippen molar-refractivity contribution in [2.75, 3.05) is 12.3 Å². The molecule has 14 atom stereocenters. The Labute approximate surface area is 305 Å². The summed E-state index contributed by atoms with van der Waals surface area (Å²) >= 11 is 0. The molecule has 0 bridgehead atoms. The van der Waals surface area contributed by atoms with Crippen LogP contribution in [-0.2, 0) is 53.2 Å². The number of aliphatic hydroxyl groups is 4. The van der Waals surface area contributed by atoms with Crippen molar-refractivity contribution in [2.45, 2.75) is 120 Å². The molecule has 21 nitrogen and oxygen atoms in total. The standard InChI is InChI=1S/C30H46N2O19S2/c1-13-21(35)22(36)23(37)28(46-13)50-27-15(3)45-20(12-30(27,4)31)49-25-14(2)47-29(26(24(25)38)51-53(42,43)44)48-18-7-5-16(11-17(18)33)6-8-19(34)32-9-10-52(39,40)41/h5-8,11,13-15,20-29,33,35-38H,9-10,12,31H2,1-4H3,(H,32,34)(H,39,40,41)(H,42,43,44)/t13-,14-,15-,20+,21+,22+,23-,24+,25+,26-,27-,28+,29+,30+/m1/s1. The van der Waals surface area contributed by atoms with Gasteiger partial charge in [-0.15, -0.1) is 0 Å². The van der Waals surface area contributed by atoms with Crippen LogP contribution in [0.25, 0.3) is 6.08 Å². The zero-order valence-electron chi connectivity index (χ0n) is 28.9. The van der Waals surface area contributed by atoms with Crippen LogP contribution >= 0.6 is 0 Å². The number of rotatable bonds is 13. The van der Waals surface area contributed by atoms with Gasteiger partial charge >= 0.3 is 10.4 Å². The number of aliphatic hydroxyl groups excluding tert-OH is 4. The molecule has 0 saturated carbocycles. The van der Waals surface area contributed by atoms with Crippen LogP contribution in [0.5, 0.6) is 11.5 Å². The molecule has 23 heteroatoms. The summed E-state index contributed by atoms with van der Waals surface area (Å²) in [6, 6.07) is 3.75. The fourth-order valence-corrected chi connectivity index (χ4v) is 6.93. The molecule has 10 N–H and O–H groups in total. The summed E-state index contributed by atoms with van der Waals surface area (Å²) in [5.74, 6) is -2.20. The van der Waals surface area contributed by atoms with Crippen molar-refractivity contribution in [1.82, 2.24) is 5.32 Å². The van der Waals surface area contributed by atoms with Crippen LogP contribution in [0.4, 0.5) is 0 Å². The molecule has 53 heavy (non-hydrogen) atoms. The summed E-state index contributed by atoms with van der Waals surface area (Å²) in [6.45, 7) is 5.77. The minimum Gasteiger partial charge on any atom is -0.504 e. The summed E-state index contributed by atoms with van der Waals surface area (Å²) < 4.78 is 103. The highest BCUT2D eigenvalue weighted by Gasteiger charge is 2.53. The molecule has 0 spiro atoms. The lowest BCUT2D eigenvalue weighted by atomic mass is 9.85. The van der Waals surface area contributed by atoms with Gasteiger partial charge in [0.1, 0.15) is 36.6 Å². The van der Waals surface area contributed by atoms with E-state index in [1.54, 1.807) is 13.8 Å². The fourth-order valence-electron chi connectivity index (χ4n) is 6.08. The Kier molecular flexibility index (Phi) is 13.9. The number of phenols is 1. The summed E-state index contributed by atoms with van der Waals surface area (Å²) in [4.78, 5) is 11.9. The number of hydrogen-bond acceptors (Lipinski definition) is 18. The first-order valence-corrected chi connectivity index (χ1v) is 19.3. The third-order valence-electron chi connectivity index (χ3n) is 8.75. The second-order valence-corrected chi connectivity index (χ2v) is 15.9. The largest absolute Gasteiger partial charge is 0.504 e. The van der Waals surface area contributed by atoms with Gasteiger partial charge < -0.3 is 65.0 Å². The first kappa shape index (κ1) is 43.1. The number of nitrogens with one attached hydrogen (secondary N) is 1. The van der Waals surface area contributed by atoms with Crippen LogP contribution in [0.3, 0.4) is 0 Å². The number of carbonyl (C=O) groups is 1. The normalized spacial score (nSPS) is 38.4. The van der Waals surface area contributed by atoms with Gasteiger partial charge in [0, 0.05) is 24.6 Å². The van der Waals surface area contributed by atoms with Crippen molar-refractivity contribution >= 4 is 32.5 Å². The van der Waals surface area contributed by atoms with E-state index in [0.29, 0.717) is 0 Å². The highest BCUT2D eigenvalue weighted by molar-refractivity contribution is 7.85. The van der Waals surface area contributed by atoms with Gasteiger partial charge in [-0.25, -0.2) is 4.18 Å². The Hall–Kier alpha value is -2.59. The second kappa shape index (κ2) is 17.1. The monoisotopic (exact) mass is 802 g/mol. The lowest BCUT2D eigenvalue weighted by Gasteiger charge is -2.49. The van der Waals surface area contributed by atoms with Gasteiger partial charge in [0.25, 0.3) is 10.1 Å². The number of amides is 1. The minimum absolute atomic E-state index is 0.0911. The Morgan fingerprint density at radius 2 is 1.58 bits per heavy atom. The van der Waals surface area contributed by atoms with E-state index in [1.165, 1.54) is 32.1 Å². The summed E-state index contributed by atoms with van der Waals surface area (Å²) in [6.07, 6.45) is -15.5. The summed E-state index contributed by atoms with van der Waals surface area (Å²) in [5, 5.41) is 54.8. The minimum atomic E-state index is -5.23. The van der Waals surface area contributed by atoms with Crippen LogP contribution in [0.1, 0.15) is 39.7 Å². The van der Waals surface area contributed by atoms with E-state index in [4.69, 9.17) is 42.9 Å². The average molecular weight is 803 g/mol. The number of aromatic hydroxyl groups is 1. The van der Waals surface area contributed by atoms with Crippen molar-refractivity contribution in [3.05, 3.63) is 29.8 Å². The zero-order valence-corrected chi connectivity index (χ0v) is 30.6. The molecular formula is C30H46N2O19S2. The van der Waals surface area contributed by atoms with Crippen LogP contribution < -0.4 is 15.8 Å². The van der Waals surface area contributed by atoms with Gasteiger partial charge in [-0.2, -0.15) is 16.8 Å². The van der Waals surface area contributed by atoms with Crippen molar-refractivity contribution in [3.63, 3.8) is 0 Å². The summed E-state index contributed by atoms with van der Waals surface area (Å²) in [5.41, 5.74) is 5.61. The van der Waals surface area contributed by atoms with E-state index in [2.05, 4.69) is 5.32 Å². The molecule has 3 aliphatic rings. The predicted octanol–water partition coefficient (Wildman–Crippen LogP) is -2.47. The number of carbonyl (C=O) groups excluding carboxylic acids is 1. The number of hydrogen-bond donors (Lipinski definition) is 9. The Bertz CT molecular complexity index is 1680. The lowest BCUT2D eigenvalue weighted by molar-refractivity contribution is -0.347. The molecule has 302 valence electrons. The molecule has 0 unspecified atom stereocenters. The maximum absolute atomic E-state index is 11.9. The molecule has 0 aliphatic carbocycles. The average Bonchev–Trinajstić information content (AvgIpc) is 3.03. The first-order valence-electron chi connectivity index (χ1n) is 16.3. The Morgan fingerprint density at radius 3 is 2.19 bits per heavy atom. The van der Waals surface area contributed by atoms with Gasteiger partial charge in [0.15, 0.2) is 30.2 Å². The molecule has 3 aliphatic heterocycles. The number of ether oxygens (including phenoxy) is 6. The van der Waals surface area contributed by atoms with Gasteiger partial charge in [-0.05, 0) is 51.5 Å². The highest BCUT2D eigenvalue weighted by Crippen LogP contribution is 2.37. The van der Waals surface area contributed by atoms with Gasteiger partial charge in [0.05, 0.1) is 24.1 Å². The topological polar surface area (TPSA) is 330 Å². The van der Waals surface area contributed by atoms with E-state index >= 15 is 0 Å². The molecule has 3 saturated heterocycles. The van der Waals surface area contributed by atoms with Crippen molar-refractivity contribution < 1.29 is 88.9 Å². The van der Waals surface area contributed by atoms with Crippen LogP contribution in [0, 0.1) is 0 Å².